The molecule has 0 aromatic heterocycles. The van der Waals surface area contributed by atoms with Crippen LogP contribution in [0.5, 0.6) is 0 Å². The average molecular weight is 709 g/mol. The lowest BCUT2D eigenvalue weighted by Crippen LogP contribution is -2.44. The summed E-state index contributed by atoms with van der Waals surface area (Å²) in [4.78, 5) is 0. The summed E-state index contributed by atoms with van der Waals surface area (Å²) >= 11 is 0. The standard InChI is InChI=1S/C55H48/c1-31-14-19-36-37-20-15-32(2)25-47(37)54(46(36)24-31)42-12-10-11-13-43(42)55(48-26-33(3)16-21-38(48)39-22-17-34(4)27-49(39)55)51-30-45-41(29-50(51)54)40-23-18-35(52(5,6)7)28-44(40)53(45,8)9/h10-30H,1-9H3. The van der Waals surface area contributed by atoms with Gasteiger partial charge in [-0.3, -0.25) is 0 Å². The first-order valence-electron chi connectivity index (χ1n) is 20.2. The maximum absolute atomic E-state index is 2.70. The van der Waals surface area contributed by atoms with Gasteiger partial charge in [0, 0.05) is 5.41 Å². The van der Waals surface area contributed by atoms with Crippen molar-refractivity contribution in [2.45, 2.75) is 84.0 Å². The first-order valence-corrected chi connectivity index (χ1v) is 20.2. The minimum absolute atomic E-state index is 0.0643. The zero-order valence-electron chi connectivity index (χ0n) is 33.6. The lowest BCUT2D eigenvalue weighted by molar-refractivity contribution is 0.584. The van der Waals surface area contributed by atoms with Crippen molar-refractivity contribution in [2.24, 2.45) is 0 Å². The second-order valence-electron chi connectivity index (χ2n) is 18.8. The highest BCUT2D eigenvalue weighted by Crippen LogP contribution is 2.69. The SMILES string of the molecule is Cc1ccc2c(c1)C1(c3cc(C)ccc3-2)c2ccccc2C2(c3cc(C)ccc3-c3ccc(C)cc32)c2cc3c(cc21)-c1ccc(C(C)(C)C)cc1C3(C)C. The molecule has 0 aliphatic heterocycles. The highest BCUT2D eigenvalue weighted by molar-refractivity contribution is 5.96. The minimum atomic E-state index is -0.496. The van der Waals surface area contributed by atoms with Crippen molar-refractivity contribution in [3.05, 3.63) is 211 Å². The number of benzene rings is 7. The third-order valence-electron chi connectivity index (χ3n) is 14.1. The molecule has 0 saturated heterocycles. The summed E-state index contributed by atoms with van der Waals surface area (Å²) in [5.74, 6) is 0. The van der Waals surface area contributed by atoms with Crippen LogP contribution >= 0.6 is 0 Å². The highest BCUT2D eigenvalue weighted by Gasteiger charge is 2.60. The van der Waals surface area contributed by atoms with Crippen LogP contribution in [-0.4, -0.2) is 0 Å². The maximum Gasteiger partial charge on any atom is 0.0720 e. The Morgan fingerprint density at radius 2 is 0.691 bits per heavy atom. The molecule has 0 amide bonds. The molecule has 0 nitrogen and oxygen atoms in total. The normalized spacial score (nSPS) is 16.5. The molecule has 7 aromatic carbocycles. The van der Waals surface area contributed by atoms with Gasteiger partial charge in [-0.15, -0.1) is 0 Å². The Bertz CT molecular complexity index is 2760. The van der Waals surface area contributed by atoms with E-state index in [1.165, 1.54) is 117 Å². The van der Waals surface area contributed by atoms with Crippen LogP contribution < -0.4 is 0 Å². The lowest BCUT2D eigenvalue weighted by Gasteiger charge is -2.49. The molecule has 2 spiro atoms. The predicted octanol–water partition coefficient (Wildman–Crippen LogP) is 13.6. The smallest absolute Gasteiger partial charge is 0.0619 e. The van der Waals surface area contributed by atoms with E-state index >= 15 is 0 Å². The summed E-state index contributed by atoms with van der Waals surface area (Å²) in [5.41, 5.74) is 27.8. The summed E-state index contributed by atoms with van der Waals surface area (Å²) in [6, 6.07) is 51.1. The summed E-state index contributed by atoms with van der Waals surface area (Å²) in [6.07, 6.45) is 0. The van der Waals surface area contributed by atoms with Gasteiger partial charge < -0.3 is 0 Å². The van der Waals surface area contributed by atoms with Crippen molar-refractivity contribution < 1.29 is 0 Å². The number of aryl methyl sites for hydroxylation is 4. The van der Waals surface area contributed by atoms with E-state index in [-0.39, 0.29) is 10.8 Å². The molecule has 55 heavy (non-hydrogen) atoms. The highest BCUT2D eigenvalue weighted by atomic mass is 14.6. The summed E-state index contributed by atoms with van der Waals surface area (Å²) in [7, 11) is 0. The minimum Gasteiger partial charge on any atom is -0.0619 e. The Morgan fingerprint density at radius 1 is 0.327 bits per heavy atom. The van der Waals surface area contributed by atoms with Crippen molar-refractivity contribution in [1.82, 2.24) is 0 Å². The van der Waals surface area contributed by atoms with E-state index < -0.39 is 10.8 Å². The van der Waals surface area contributed by atoms with Gasteiger partial charge in [-0.05, 0) is 134 Å². The molecule has 4 aliphatic rings. The molecule has 0 bridgehead atoms. The molecule has 268 valence electrons. The molecular formula is C55H48. The first kappa shape index (κ1) is 32.9. The van der Waals surface area contributed by atoms with Crippen molar-refractivity contribution in [2.75, 3.05) is 0 Å². The Kier molecular flexibility index (Phi) is 6.25. The largest absolute Gasteiger partial charge is 0.0720 e. The molecule has 4 aliphatic carbocycles. The van der Waals surface area contributed by atoms with Gasteiger partial charge in [0.25, 0.3) is 0 Å². The van der Waals surface area contributed by atoms with Crippen LogP contribution in [0.15, 0.2) is 127 Å². The van der Waals surface area contributed by atoms with Crippen LogP contribution in [0.1, 0.15) is 118 Å². The number of rotatable bonds is 0. The van der Waals surface area contributed by atoms with Crippen molar-refractivity contribution in [3.8, 4) is 33.4 Å². The van der Waals surface area contributed by atoms with Gasteiger partial charge in [-0.2, -0.15) is 0 Å². The Morgan fingerprint density at radius 3 is 1.11 bits per heavy atom. The second kappa shape index (κ2) is 10.4. The predicted molar refractivity (Wildman–Crippen MR) is 230 cm³/mol. The first-order chi connectivity index (χ1) is 26.3. The van der Waals surface area contributed by atoms with Crippen LogP contribution in [0.4, 0.5) is 0 Å². The fourth-order valence-corrected chi connectivity index (χ4v) is 11.6. The molecule has 7 aromatic rings. The van der Waals surface area contributed by atoms with Gasteiger partial charge >= 0.3 is 0 Å². The molecule has 0 heterocycles. The van der Waals surface area contributed by atoms with E-state index in [9.17, 15) is 0 Å². The Balaban J connectivity index is 1.38. The van der Waals surface area contributed by atoms with E-state index in [1.54, 1.807) is 0 Å². The van der Waals surface area contributed by atoms with E-state index in [0.29, 0.717) is 0 Å². The van der Waals surface area contributed by atoms with Crippen LogP contribution in [0.2, 0.25) is 0 Å². The van der Waals surface area contributed by atoms with E-state index in [2.05, 4.69) is 190 Å². The van der Waals surface area contributed by atoms with E-state index in [1.807, 2.05) is 0 Å². The monoisotopic (exact) mass is 708 g/mol. The molecule has 0 atom stereocenters. The molecular weight excluding hydrogens is 661 g/mol. The fourth-order valence-electron chi connectivity index (χ4n) is 11.6. The van der Waals surface area contributed by atoms with Crippen molar-refractivity contribution in [3.63, 3.8) is 0 Å². The Hall–Kier alpha value is -5.46. The van der Waals surface area contributed by atoms with Crippen LogP contribution in [0.25, 0.3) is 33.4 Å². The van der Waals surface area contributed by atoms with Crippen LogP contribution in [-0.2, 0) is 21.7 Å². The maximum atomic E-state index is 2.70. The van der Waals surface area contributed by atoms with Gasteiger partial charge in [0.1, 0.15) is 0 Å². The second-order valence-corrected chi connectivity index (χ2v) is 18.8. The van der Waals surface area contributed by atoms with Gasteiger partial charge in [0.2, 0.25) is 0 Å². The van der Waals surface area contributed by atoms with E-state index in [0.717, 1.165) is 0 Å². The number of hydrogen-bond donors (Lipinski definition) is 0. The molecule has 0 heteroatoms. The van der Waals surface area contributed by atoms with Gasteiger partial charge in [-0.25, -0.2) is 0 Å². The summed E-state index contributed by atoms with van der Waals surface area (Å²) in [5, 5.41) is 0. The van der Waals surface area contributed by atoms with Crippen molar-refractivity contribution in [1.29, 1.82) is 0 Å². The van der Waals surface area contributed by atoms with Gasteiger partial charge in [0.15, 0.2) is 0 Å². The zero-order chi connectivity index (χ0) is 38.0. The summed E-state index contributed by atoms with van der Waals surface area (Å²) < 4.78 is 0. The molecule has 0 saturated carbocycles. The average Bonchev–Trinajstić information content (AvgIpc) is 3.67. The van der Waals surface area contributed by atoms with Gasteiger partial charge in [0.05, 0.1) is 10.8 Å². The third-order valence-corrected chi connectivity index (χ3v) is 14.1. The summed E-state index contributed by atoms with van der Waals surface area (Å²) in [6.45, 7) is 21.0. The fraction of sp³-hybridized carbons (Fsp3) is 0.236. The molecule has 0 radical (unpaired) electrons. The number of hydrogen-bond acceptors (Lipinski definition) is 0. The van der Waals surface area contributed by atoms with Gasteiger partial charge in [-0.1, -0.05) is 178 Å². The van der Waals surface area contributed by atoms with E-state index in [4.69, 9.17) is 0 Å². The molecule has 0 unspecified atom stereocenters. The molecule has 0 N–H and O–H groups in total. The molecule has 0 fully saturated rings. The third kappa shape index (κ3) is 3.88. The Labute approximate surface area is 326 Å². The number of fused-ring (bicyclic) bond motifs is 19. The topological polar surface area (TPSA) is 0 Å². The van der Waals surface area contributed by atoms with Crippen LogP contribution in [0.3, 0.4) is 0 Å². The zero-order valence-corrected chi connectivity index (χ0v) is 33.6. The quantitative estimate of drug-likeness (QED) is 0.147. The lowest BCUT2D eigenvalue weighted by atomic mass is 9.51. The van der Waals surface area contributed by atoms with Crippen LogP contribution in [0, 0.1) is 27.7 Å². The molecule has 11 rings (SSSR count). The van der Waals surface area contributed by atoms with Crippen molar-refractivity contribution >= 4 is 0 Å².